The van der Waals surface area contributed by atoms with Crippen molar-refractivity contribution < 1.29 is 48.1 Å². The summed E-state index contributed by atoms with van der Waals surface area (Å²) in [5.74, 6) is 2.03. The van der Waals surface area contributed by atoms with Crippen molar-refractivity contribution in [3.8, 4) is 0 Å². The summed E-state index contributed by atoms with van der Waals surface area (Å²) in [7, 11) is 7.00. The molecule has 0 amide bonds. The summed E-state index contributed by atoms with van der Waals surface area (Å²) in [5.41, 5.74) is 0.716. The van der Waals surface area contributed by atoms with Crippen molar-refractivity contribution in [2.45, 2.75) is 181 Å². The molecule has 340 valence electrons. The van der Waals surface area contributed by atoms with Crippen LogP contribution in [0.4, 0.5) is 0 Å². The van der Waals surface area contributed by atoms with E-state index in [0.29, 0.717) is 36.9 Å². The molecule has 2 saturated heterocycles. The van der Waals surface area contributed by atoms with Crippen LogP contribution < -0.4 is 0 Å². The van der Waals surface area contributed by atoms with Crippen molar-refractivity contribution in [3.05, 3.63) is 47.6 Å². The summed E-state index contributed by atoms with van der Waals surface area (Å²) in [6.45, 7) is 20.2. The first-order valence-electron chi connectivity index (χ1n) is 22.9. The number of ether oxygens (including phenoxy) is 8. The van der Waals surface area contributed by atoms with Crippen LogP contribution in [0.3, 0.4) is 0 Å². The number of hydrogen-bond acceptors (Lipinski definition) is 10. The van der Waals surface area contributed by atoms with Crippen LogP contribution >= 0.6 is 0 Å². The highest BCUT2D eigenvalue weighted by atomic mass is 16.7. The standard InChI is InChI=1S/C49H84O10/c1-14-40(52-10)35(7)38-28-48(50,29-38)33(5)20-16-18-31(3)46-42(54-12)22-25-45(59-46)57-27-26-56-43-23-24-44(55-13)58-47(43)32(4)19-17-21-34(6)49(51)30-39(37(49)9)36(8)41(15-2)53-11/h16-21,33-47,50-51H,14-15,22-30H2,1-13H3/b20-16+,21-17+,31-18+,32-19+/t33-,34-,35-,36-,37+,38?,39+,40-,41-,42-,43-,44+,45-,46-,47-,48?,49?/m0/s1. The SMILES string of the molecule is CC[C@H](OC)[C@@H](C)[C@H]1CC(O)([C@@H](C)/C=C/C=C(\C)[C@@H]2O[C@@H](OC)CC[C@@H]2OCCO[C@@H]2CC[C@H](OC)[C@H](/C(C)=C/C=C/[C@H](C)C3(O)CC([C@H](C)[C@H](CC)OC)C3)O2)[C@@H]1C. The summed E-state index contributed by atoms with van der Waals surface area (Å²) in [6, 6.07) is 0. The van der Waals surface area contributed by atoms with Crippen molar-refractivity contribution >= 4 is 0 Å². The number of hydrogen-bond donors (Lipinski definition) is 2. The van der Waals surface area contributed by atoms with Crippen LogP contribution in [0.1, 0.15) is 120 Å². The Morgan fingerprint density at radius 1 is 0.678 bits per heavy atom. The molecule has 2 aliphatic carbocycles. The highest BCUT2D eigenvalue weighted by Crippen LogP contribution is 2.53. The molecule has 59 heavy (non-hydrogen) atoms. The molecule has 4 rings (SSSR count). The van der Waals surface area contributed by atoms with E-state index in [-0.39, 0.29) is 67.0 Å². The Morgan fingerprint density at radius 2 is 1.20 bits per heavy atom. The van der Waals surface area contributed by atoms with Crippen molar-refractivity contribution in [1.29, 1.82) is 0 Å². The molecule has 0 bridgehead atoms. The second-order valence-corrected chi connectivity index (χ2v) is 18.6. The zero-order valence-corrected chi connectivity index (χ0v) is 39.1. The lowest BCUT2D eigenvalue weighted by atomic mass is 9.53. The lowest BCUT2D eigenvalue weighted by Gasteiger charge is -2.56. The number of methoxy groups -OCH3 is 4. The van der Waals surface area contributed by atoms with Crippen LogP contribution in [-0.4, -0.2) is 112 Å². The summed E-state index contributed by atoms with van der Waals surface area (Å²) < 4.78 is 48.3. The van der Waals surface area contributed by atoms with Gasteiger partial charge in [-0.25, -0.2) is 0 Å². The van der Waals surface area contributed by atoms with E-state index in [1.54, 1.807) is 28.4 Å². The van der Waals surface area contributed by atoms with Crippen LogP contribution in [0.15, 0.2) is 47.6 Å². The predicted molar refractivity (Wildman–Crippen MR) is 234 cm³/mol. The second kappa shape index (κ2) is 23.3. The van der Waals surface area contributed by atoms with Gasteiger partial charge in [0.1, 0.15) is 12.2 Å². The maximum atomic E-state index is 11.6. The van der Waals surface area contributed by atoms with E-state index in [0.717, 1.165) is 68.9 Å². The molecule has 4 fully saturated rings. The summed E-state index contributed by atoms with van der Waals surface area (Å²) >= 11 is 0. The smallest absolute Gasteiger partial charge is 0.158 e. The molecule has 0 aromatic heterocycles. The van der Waals surface area contributed by atoms with E-state index in [1.165, 1.54) is 0 Å². The Kier molecular flexibility index (Phi) is 19.8. The molecule has 1 unspecified atom stereocenters. The van der Waals surface area contributed by atoms with E-state index in [1.807, 2.05) is 0 Å². The summed E-state index contributed by atoms with van der Waals surface area (Å²) in [4.78, 5) is 0. The quantitative estimate of drug-likeness (QED) is 0.0764. The molecule has 2 saturated carbocycles. The predicted octanol–water partition coefficient (Wildman–Crippen LogP) is 8.99. The Labute approximate surface area is 358 Å². The largest absolute Gasteiger partial charge is 0.389 e. The third-order valence-electron chi connectivity index (χ3n) is 15.2. The molecule has 4 aliphatic rings. The molecule has 0 aromatic rings. The van der Waals surface area contributed by atoms with Gasteiger partial charge in [0.15, 0.2) is 12.6 Å². The van der Waals surface area contributed by atoms with Gasteiger partial charge in [-0.1, -0.05) is 84.9 Å². The average Bonchev–Trinajstić information content (AvgIpc) is 3.23. The van der Waals surface area contributed by atoms with Gasteiger partial charge in [0.2, 0.25) is 0 Å². The minimum atomic E-state index is -0.721. The van der Waals surface area contributed by atoms with Crippen molar-refractivity contribution in [1.82, 2.24) is 0 Å². The average molecular weight is 833 g/mol. The molecule has 0 aromatic carbocycles. The van der Waals surface area contributed by atoms with E-state index in [2.05, 4.69) is 98.8 Å². The van der Waals surface area contributed by atoms with Crippen molar-refractivity contribution in [3.63, 3.8) is 0 Å². The summed E-state index contributed by atoms with van der Waals surface area (Å²) in [5, 5.41) is 22.9. The first kappa shape index (κ1) is 50.2. The Balaban J connectivity index is 1.26. The molecule has 15 atom stereocenters. The lowest BCUT2D eigenvalue weighted by Crippen LogP contribution is -2.59. The number of allylic oxidation sites excluding steroid dienone is 4. The van der Waals surface area contributed by atoms with Crippen LogP contribution in [0.2, 0.25) is 0 Å². The minimum absolute atomic E-state index is 0.0136. The van der Waals surface area contributed by atoms with Gasteiger partial charge in [-0.15, -0.1) is 0 Å². The molecule has 2 heterocycles. The van der Waals surface area contributed by atoms with Gasteiger partial charge in [0, 0.05) is 53.1 Å². The van der Waals surface area contributed by atoms with E-state index in [9.17, 15) is 10.2 Å². The normalized spacial score (nSPS) is 37.8. The molecule has 0 spiro atoms. The van der Waals surface area contributed by atoms with Crippen molar-refractivity contribution in [2.75, 3.05) is 41.7 Å². The highest BCUT2D eigenvalue weighted by molar-refractivity contribution is 5.20. The third-order valence-corrected chi connectivity index (χ3v) is 15.2. The first-order valence-corrected chi connectivity index (χ1v) is 22.9. The molecule has 10 heteroatoms. The van der Waals surface area contributed by atoms with Crippen molar-refractivity contribution in [2.24, 2.45) is 41.4 Å². The van der Waals surface area contributed by atoms with Gasteiger partial charge in [-0.2, -0.15) is 0 Å². The highest BCUT2D eigenvalue weighted by Gasteiger charge is 2.55. The second-order valence-electron chi connectivity index (χ2n) is 18.6. The van der Waals surface area contributed by atoms with Crippen LogP contribution in [0.25, 0.3) is 0 Å². The van der Waals surface area contributed by atoms with Gasteiger partial charge in [0.25, 0.3) is 0 Å². The Bertz CT molecular complexity index is 1360. The molecule has 2 N–H and O–H groups in total. The monoisotopic (exact) mass is 833 g/mol. The zero-order valence-electron chi connectivity index (χ0n) is 39.1. The third kappa shape index (κ3) is 12.4. The lowest BCUT2D eigenvalue weighted by molar-refractivity contribution is -0.231. The fourth-order valence-corrected chi connectivity index (χ4v) is 10.6. The number of aliphatic hydroxyl groups is 2. The van der Waals surface area contributed by atoms with Crippen LogP contribution in [0, 0.1) is 41.4 Å². The maximum absolute atomic E-state index is 11.6. The van der Waals surface area contributed by atoms with Gasteiger partial charge in [-0.05, 0) is 99.5 Å². The molecule has 2 aliphatic heterocycles. The topological polar surface area (TPSA) is 114 Å². The zero-order chi connectivity index (χ0) is 43.5. The number of rotatable bonds is 23. The molecular weight excluding hydrogens is 749 g/mol. The molecule has 10 nitrogen and oxygen atoms in total. The fourth-order valence-electron chi connectivity index (χ4n) is 10.6. The maximum Gasteiger partial charge on any atom is 0.158 e. The van der Waals surface area contributed by atoms with Gasteiger partial charge in [-0.3, -0.25) is 0 Å². The summed E-state index contributed by atoms with van der Waals surface area (Å²) in [6.07, 6.45) is 19.1. The van der Waals surface area contributed by atoms with Gasteiger partial charge in [0.05, 0.1) is 48.8 Å². The minimum Gasteiger partial charge on any atom is -0.389 e. The van der Waals surface area contributed by atoms with Crippen LogP contribution in [-0.2, 0) is 37.9 Å². The van der Waals surface area contributed by atoms with E-state index in [4.69, 9.17) is 37.9 Å². The molecular formula is C49H84O10. The van der Waals surface area contributed by atoms with E-state index < -0.39 is 11.2 Å². The van der Waals surface area contributed by atoms with Gasteiger partial charge < -0.3 is 48.1 Å². The molecule has 0 radical (unpaired) electrons. The van der Waals surface area contributed by atoms with Gasteiger partial charge >= 0.3 is 0 Å². The van der Waals surface area contributed by atoms with E-state index >= 15 is 0 Å². The van der Waals surface area contributed by atoms with Crippen LogP contribution in [0.5, 0.6) is 0 Å². The Hall–Kier alpha value is -1.44. The first-order chi connectivity index (χ1) is 28.1. The Morgan fingerprint density at radius 3 is 1.76 bits per heavy atom. The fraction of sp³-hybridized carbons (Fsp3) is 0.837.